The number of nitrogens with one attached hydrogen (secondary N) is 1. The van der Waals surface area contributed by atoms with Crippen molar-refractivity contribution in [1.82, 2.24) is 5.43 Å². The molecule has 1 atom stereocenters. The Balaban J connectivity index is 2.27. The number of esters is 1. The van der Waals surface area contributed by atoms with E-state index in [1.54, 1.807) is 24.9 Å². The van der Waals surface area contributed by atoms with E-state index in [1.807, 2.05) is 0 Å². The van der Waals surface area contributed by atoms with Gasteiger partial charge in [0.05, 0.1) is 17.2 Å². The van der Waals surface area contributed by atoms with Gasteiger partial charge in [-0.05, 0) is 25.5 Å². The van der Waals surface area contributed by atoms with Crippen molar-refractivity contribution in [3.63, 3.8) is 0 Å². The van der Waals surface area contributed by atoms with Crippen molar-refractivity contribution in [2.24, 2.45) is 0 Å². The van der Waals surface area contributed by atoms with Crippen LogP contribution in [0.1, 0.15) is 19.4 Å². The second-order valence-corrected chi connectivity index (χ2v) is 4.20. The van der Waals surface area contributed by atoms with Gasteiger partial charge in [0.2, 0.25) is 0 Å². The molecule has 1 aliphatic heterocycles. The van der Waals surface area contributed by atoms with Crippen molar-refractivity contribution < 1.29 is 14.5 Å². The Hall–Kier alpha value is -2.15. The molecule has 0 spiro atoms. The summed E-state index contributed by atoms with van der Waals surface area (Å²) in [5.41, 5.74) is 4.61. The number of anilines is 1. The number of hydrogen-bond acceptors (Lipinski definition) is 6. The molecule has 1 heterocycles. The monoisotopic (exact) mass is 265 g/mol. The molecule has 102 valence electrons. The van der Waals surface area contributed by atoms with Crippen LogP contribution in [0, 0.1) is 10.1 Å². The fourth-order valence-electron chi connectivity index (χ4n) is 2.01. The van der Waals surface area contributed by atoms with Crippen LogP contribution in [0.25, 0.3) is 0 Å². The number of hydrazine groups is 1. The molecule has 1 aliphatic rings. The summed E-state index contributed by atoms with van der Waals surface area (Å²) >= 11 is 0. The molecule has 0 saturated carbocycles. The molecule has 7 heteroatoms. The molecule has 1 unspecified atom stereocenters. The molecular formula is C12H15N3O4. The third-order valence-corrected chi connectivity index (χ3v) is 2.99. The average Bonchev–Trinajstić information content (AvgIpc) is 2.80. The Morgan fingerprint density at radius 3 is 3.00 bits per heavy atom. The largest absolute Gasteiger partial charge is 0.464 e. The SMILES string of the molecule is CCOC(=O)C(C)N1NCc2ccc([N+](=O)[O-])cc21. The van der Waals surface area contributed by atoms with Gasteiger partial charge in [0, 0.05) is 18.7 Å². The zero-order valence-corrected chi connectivity index (χ0v) is 10.8. The Labute approximate surface area is 110 Å². The number of nitro benzene ring substituents is 1. The van der Waals surface area contributed by atoms with Crippen molar-refractivity contribution in [3.8, 4) is 0 Å². The van der Waals surface area contributed by atoms with Crippen LogP contribution < -0.4 is 10.4 Å². The number of non-ortho nitro benzene ring substituents is 1. The Kier molecular flexibility index (Phi) is 3.66. The second kappa shape index (κ2) is 5.23. The number of carbonyl (C=O) groups is 1. The first-order valence-corrected chi connectivity index (χ1v) is 6.01. The lowest BCUT2D eigenvalue weighted by Gasteiger charge is -2.25. The van der Waals surface area contributed by atoms with Crippen molar-refractivity contribution in [1.29, 1.82) is 0 Å². The topological polar surface area (TPSA) is 84.7 Å². The predicted octanol–water partition coefficient (Wildman–Crippen LogP) is 1.37. The fourth-order valence-corrected chi connectivity index (χ4v) is 2.01. The molecule has 1 aromatic carbocycles. The molecule has 0 aromatic heterocycles. The van der Waals surface area contributed by atoms with Gasteiger partial charge in [-0.1, -0.05) is 0 Å². The van der Waals surface area contributed by atoms with Crippen LogP contribution in [0.5, 0.6) is 0 Å². The fraction of sp³-hybridized carbons (Fsp3) is 0.417. The van der Waals surface area contributed by atoms with Crippen molar-refractivity contribution in [3.05, 3.63) is 33.9 Å². The highest BCUT2D eigenvalue weighted by molar-refractivity contribution is 5.80. The maximum Gasteiger partial charge on any atom is 0.330 e. The minimum absolute atomic E-state index is 0.00325. The summed E-state index contributed by atoms with van der Waals surface area (Å²) in [5.74, 6) is -0.366. The smallest absolute Gasteiger partial charge is 0.330 e. The third kappa shape index (κ3) is 2.50. The lowest BCUT2D eigenvalue weighted by molar-refractivity contribution is -0.384. The van der Waals surface area contributed by atoms with E-state index in [0.29, 0.717) is 18.8 Å². The maximum absolute atomic E-state index is 11.7. The number of benzene rings is 1. The van der Waals surface area contributed by atoms with E-state index < -0.39 is 11.0 Å². The summed E-state index contributed by atoms with van der Waals surface area (Å²) in [7, 11) is 0. The molecule has 7 nitrogen and oxygen atoms in total. The molecule has 1 aromatic rings. The van der Waals surface area contributed by atoms with Crippen LogP contribution in [-0.4, -0.2) is 23.5 Å². The summed E-state index contributed by atoms with van der Waals surface area (Å²) in [5, 5.41) is 12.4. The quantitative estimate of drug-likeness (QED) is 0.503. The summed E-state index contributed by atoms with van der Waals surface area (Å²) < 4.78 is 4.95. The molecule has 0 radical (unpaired) electrons. The highest BCUT2D eigenvalue weighted by atomic mass is 16.6. The molecule has 1 N–H and O–H groups in total. The van der Waals surface area contributed by atoms with Gasteiger partial charge in [0.15, 0.2) is 0 Å². The van der Waals surface area contributed by atoms with Gasteiger partial charge in [-0.15, -0.1) is 0 Å². The van der Waals surface area contributed by atoms with Gasteiger partial charge in [0.25, 0.3) is 5.69 Å². The van der Waals surface area contributed by atoms with Crippen LogP contribution in [0.3, 0.4) is 0 Å². The normalized spacial score (nSPS) is 14.9. The molecule has 0 fully saturated rings. The van der Waals surface area contributed by atoms with Crippen LogP contribution >= 0.6 is 0 Å². The van der Waals surface area contributed by atoms with Crippen LogP contribution in [0.2, 0.25) is 0 Å². The van der Waals surface area contributed by atoms with Gasteiger partial charge in [-0.2, -0.15) is 0 Å². The highest BCUT2D eigenvalue weighted by Crippen LogP contribution is 2.30. The number of fused-ring (bicyclic) bond motifs is 1. The molecule has 0 aliphatic carbocycles. The molecule has 19 heavy (non-hydrogen) atoms. The number of nitro groups is 1. The molecule has 0 saturated heterocycles. The van der Waals surface area contributed by atoms with Gasteiger partial charge in [-0.25, -0.2) is 10.2 Å². The van der Waals surface area contributed by atoms with Gasteiger partial charge in [-0.3, -0.25) is 15.1 Å². The zero-order chi connectivity index (χ0) is 14.0. The van der Waals surface area contributed by atoms with E-state index in [0.717, 1.165) is 5.56 Å². The number of carbonyl (C=O) groups excluding carboxylic acids is 1. The standard InChI is InChI=1S/C12H15N3O4/c1-3-19-12(16)8(2)14-11-6-10(15(17)18)5-4-9(11)7-13-14/h4-6,8,13H,3,7H2,1-2H3. The molecule has 2 rings (SSSR count). The number of nitrogens with zero attached hydrogens (tertiary/aromatic N) is 2. The summed E-state index contributed by atoms with van der Waals surface area (Å²) in [4.78, 5) is 22.1. The van der Waals surface area contributed by atoms with Gasteiger partial charge in [0.1, 0.15) is 6.04 Å². The number of rotatable bonds is 4. The van der Waals surface area contributed by atoms with Crippen LogP contribution in [0.15, 0.2) is 18.2 Å². The number of hydrogen-bond donors (Lipinski definition) is 1. The van der Waals surface area contributed by atoms with E-state index in [4.69, 9.17) is 4.74 Å². The first kappa shape index (κ1) is 13.3. The summed E-state index contributed by atoms with van der Waals surface area (Å²) in [6.07, 6.45) is 0. The molecule has 0 amide bonds. The van der Waals surface area contributed by atoms with Gasteiger partial charge >= 0.3 is 5.97 Å². The Morgan fingerprint density at radius 2 is 2.37 bits per heavy atom. The minimum Gasteiger partial charge on any atom is -0.464 e. The minimum atomic E-state index is -0.539. The number of ether oxygens (including phenoxy) is 1. The first-order chi connectivity index (χ1) is 9.04. The average molecular weight is 265 g/mol. The van der Waals surface area contributed by atoms with Crippen molar-refractivity contribution in [2.45, 2.75) is 26.4 Å². The maximum atomic E-state index is 11.7. The third-order valence-electron chi connectivity index (χ3n) is 2.99. The second-order valence-electron chi connectivity index (χ2n) is 4.20. The van der Waals surface area contributed by atoms with Crippen molar-refractivity contribution >= 4 is 17.3 Å². The van der Waals surface area contributed by atoms with E-state index in [1.165, 1.54) is 12.1 Å². The van der Waals surface area contributed by atoms with E-state index in [-0.39, 0.29) is 11.7 Å². The lowest BCUT2D eigenvalue weighted by atomic mass is 10.1. The van der Waals surface area contributed by atoms with Crippen molar-refractivity contribution in [2.75, 3.05) is 11.6 Å². The Morgan fingerprint density at radius 1 is 1.63 bits per heavy atom. The predicted molar refractivity (Wildman–Crippen MR) is 68.5 cm³/mol. The lowest BCUT2D eigenvalue weighted by Crippen LogP contribution is -2.45. The van der Waals surface area contributed by atoms with E-state index in [2.05, 4.69) is 5.43 Å². The Bertz CT molecular complexity index is 518. The van der Waals surface area contributed by atoms with E-state index in [9.17, 15) is 14.9 Å². The van der Waals surface area contributed by atoms with Crippen LogP contribution in [-0.2, 0) is 16.1 Å². The molecular weight excluding hydrogens is 250 g/mol. The zero-order valence-electron chi connectivity index (χ0n) is 10.8. The summed E-state index contributed by atoms with van der Waals surface area (Å²) in [6, 6.07) is 4.07. The highest BCUT2D eigenvalue weighted by Gasteiger charge is 2.30. The van der Waals surface area contributed by atoms with Gasteiger partial charge < -0.3 is 4.74 Å². The molecule has 0 bridgehead atoms. The van der Waals surface area contributed by atoms with E-state index >= 15 is 0 Å². The van der Waals surface area contributed by atoms with Crippen LogP contribution in [0.4, 0.5) is 11.4 Å². The first-order valence-electron chi connectivity index (χ1n) is 6.01. The summed E-state index contributed by atoms with van der Waals surface area (Å²) in [6.45, 7) is 4.27.